The van der Waals surface area contributed by atoms with Crippen molar-refractivity contribution in [3.05, 3.63) is 29.8 Å². The number of amides is 1. The first-order valence-electron chi connectivity index (χ1n) is 6.25. The molecule has 1 aliphatic heterocycles. The predicted molar refractivity (Wildman–Crippen MR) is 80.2 cm³/mol. The van der Waals surface area contributed by atoms with Crippen LogP contribution in [0.25, 0.3) is 0 Å². The van der Waals surface area contributed by atoms with Crippen LogP contribution in [0.4, 0.5) is 0 Å². The summed E-state index contributed by atoms with van der Waals surface area (Å²) < 4.78 is 28.3. The topological polar surface area (TPSA) is 66.8 Å². The van der Waals surface area contributed by atoms with Crippen LogP contribution in [0.3, 0.4) is 0 Å². The van der Waals surface area contributed by atoms with E-state index in [2.05, 4.69) is 4.40 Å². The summed E-state index contributed by atoms with van der Waals surface area (Å²) >= 11 is 1.18. The highest BCUT2D eigenvalue weighted by Gasteiger charge is 2.35. The number of rotatable bonds is 3. The van der Waals surface area contributed by atoms with Gasteiger partial charge in [0.2, 0.25) is 5.91 Å². The normalized spacial score (nSPS) is 21.8. The van der Waals surface area contributed by atoms with Gasteiger partial charge in [-0.1, -0.05) is 29.5 Å². The first-order valence-corrected chi connectivity index (χ1v) is 8.57. The molecule has 108 valence electrons. The molecule has 1 atom stereocenters. The fraction of sp³-hybridized carbons (Fsp3) is 0.385. The number of hydrogen-bond donors (Lipinski definition) is 0. The number of hydrogen-bond acceptors (Lipinski definition) is 4. The zero-order valence-corrected chi connectivity index (χ0v) is 13.2. The van der Waals surface area contributed by atoms with Crippen LogP contribution < -0.4 is 0 Å². The van der Waals surface area contributed by atoms with E-state index in [-0.39, 0.29) is 21.2 Å². The Bertz CT molecular complexity index is 651. The number of carbonyl (C=O) groups excluding carboxylic acids is 1. The van der Waals surface area contributed by atoms with Gasteiger partial charge < -0.3 is 0 Å². The third kappa shape index (κ3) is 2.88. The standard InChI is InChI=1S/C13H16N2O3S2/c1-4-15-12(16)10(3)19-13(15)14-20(17,18)11-7-5-9(2)6-8-11/h5-8,10H,4H2,1-3H3/t10-/m0/s1. The second kappa shape index (κ2) is 5.57. The van der Waals surface area contributed by atoms with Crippen LogP contribution in [0.1, 0.15) is 19.4 Å². The van der Waals surface area contributed by atoms with E-state index in [9.17, 15) is 13.2 Å². The van der Waals surface area contributed by atoms with Crippen LogP contribution in [0.2, 0.25) is 0 Å². The molecule has 1 aromatic rings. The number of thioether (sulfide) groups is 1. The van der Waals surface area contributed by atoms with E-state index in [1.807, 2.05) is 6.92 Å². The molecule has 7 heteroatoms. The van der Waals surface area contributed by atoms with Crippen molar-refractivity contribution in [1.29, 1.82) is 0 Å². The molecule has 20 heavy (non-hydrogen) atoms. The molecule has 0 aliphatic carbocycles. The van der Waals surface area contributed by atoms with Crippen LogP contribution in [-0.4, -0.2) is 36.2 Å². The van der Waals surface area contributed by atoms with Crippen LogP contribution in [0, 0.1) is 6.92 Å². The lowest BCUT2D eigenvalue weighted by Crippen LogP contribution is -2.31. The minimum Gasteiger partial charge on any atom is -0.290 e. The van der Waals surface area contributed by atoms with Gasteiger partial charge >= 0.3 is 0 Å². The van der Waals surface area contributed by atoms with Crippen molar-refractivity contribution < 1.29 is 13.2 Å². The maximum Gasteiger partial charge on any atom is 0.284 e. The second-order valence-electron chi connectivity index (χ2n) is 4.50. The molecule has 0 aromatic heterocycles. The van der Waals surface area contributed by atoms with E-state index in [0.717, 1.165) is 5.56 Å². The van der Waals surface area contributed by atoms with Crippen molar-refractivity contribution >= 4 is 32.9 Å². The minimum atomic E-state index is -3.78. The average Bonchev–Trinajstić information content (AvgIpc) is 2.64. The Morgan fingerprint density at radius 1 is 1.30 bits per heavy atom. The number of aryl methyl sites for hydroxylation is 1. The minimum absolute atomic E-state index is 0.102. The monoisotopic (exact) mass is 312 g/mol. The Morgan fingerprint density at radius 2 is 1.90 bits per heavy atom. The Kier molecular flexibility index (Phi) is 4.19. The summed E-state index contributed by atoms with van der Waals surface area (Å²) in [6, 6.07) is 6.49. The molecule has 0 saturated carbocycles. The molecule has 0 bridgehead atoms. The van der Waals surface area contributed by atoms with E-state index in [1.165, 1.54) is 28.8 Å². The number of sulfonamides is 1. The molecule has 1 aliphatic rings. The van der Waals surface area contributed by atoms with Crippen LogP contribution in [0.15, 0.2) is 33.6 Å². The Labute approximate surface area is 123 Å². The molecule has 1 amide bonds. The van der Waals surface area contributed by atoms with Gasteiger partial charge in [0, 0.05) is 6.54 Å². The second-order valence-corrected chi connectivity index (χ2v) is 7.42. The third-order valence-electron chi connectivity index (χ3n) is 2.96. The molecule has 0 N–H and O–H groups in total. The lowest BCUT2D eigenvalue weighted by molar-refractivity contribution is -0.125. The Morgan fingerprint density at radius 3 is 2.45 bits per heavy atom. The van der Waals surface area contributed by atoms with Crippen LogP contribution >= 0.6 is 11.8 Å². The van der Waals surface area contributed by atoms with Crippen LogP contribution in [0.5, 0.6) is 0 Å². The van der Waals surface area contributed by atoms with E-state index in [1.54, 1.807) is 26.0 Å². The molecule has 5 nitrogen and oxygen atoms in total. The summed E-state index contributed by atoms with van der Waals surface area (Å²) in [5.41, 5.74) is 0.978. The zero-order chi connectivity index (χ0) is 14.9. The van der Waals surface area contributed by atoms with Gasteiger partial charge in [0.1, 0.15) is 0 Å². The highest BCUT2D eigenvalue weighted by molar-refractivity contribution is 8.16. The summed E-state index contributed by atoms with van der Waals surface area (Å²) in [6.45, 7) is 5.84. The molecule has 1 fully saturated rings. The molecule has 0 radical (unpaired) electrons. The quantitative estimate of drug-likeness (QED) is 0.856. The molecule has 1 aromatic carbocycles. The van der Waals surface area contributed by atoms with Gasteiger partial charge in [0.15, 0.2) is 5.17 Å². The highest BCUT2D eigenvalue weighted by atomic mass is 32.2. The molecule has 1 saturated heterocycles. The van der Waals surface area contributed by atoms with E-state index in [4.69, 9.17) is 0 Å². The van der Waals surface area contributed by atoms with Crippen molar-refractivity contribution in [2.24, 2.45) is 4.40 Å². The summed E-state index contributed by atoms with van der Waals surface area (Å²) in [5, 5.41) is -0.0347. The summed E-state index contributed by atoms with van der Waals surface area (Å²) in [7, 11) is -3.78. The van der Waals surface area contributed by atoms with E-state index < -0.39 is 10.0 Å². The first-order chi connectivity index (χ1) is 9.35. The zero-order valence-electron chi connectivity index (χ0n) is 11.5. The lowest BCUT2D eigenvalue weighted by atomic mass is 10.2. The average molecular weight is 312 g/mol. The van der Waals surface area contributed by atoms with Crippen LogP contribution in [-0.2, 0) is 14.8 Å². The summed E-state index contributed by atoms with van der Waals surface area (Å²) in [6.07, 6.45) is 0. The predicted octanol–water partition coefficient (Wildman–Crippen LogP) is 2.02. The third-order valence-corrected chi connectivity index (χ3v) is 5.43. The molecular formula is C13H16N2O3S2. The van der Waals surface area contributed by atoms with Crippen molar-refractivity contribution in [3.8, 4) is 0 Å². The molecule has 1 heterocycles. The molecular weight excluding hydrogens is 296 g/mol. The highest BCUT2D eigenvalue weighted by Crippen LogP contribution is 2.28. The smallest absolute Gasteiger partial charge is 0.284 e. The Balaban J connectivity index is 2.38. The van der Waals surface area contributed by atoms with Gasteiger partial charge in [-0.2, -0.15) is 8.42 Å². The molecule has 0 unspecified atom stereocenters. The van der Waals surface area contributed by atoms with Gasteiger partial charge in [-0.05, 0) is 32.9 Å². The largest absolute Gasteiger partial charge is 0.290 e. The first kappa shape index (κ1) is 15.1. The van der Waals surface area contributed by atoms with Gasteiger partial charge in [-0.3, -0.25) is 9.69 Å². The number of nitrogens with zero attached hydrogens (tertiary/aromatic N) is 2. The number of carbonyl (C=O) groups is 1. The lowest BCUT2D eigenvalue weighted by Gasteiger charge is -2.12. The van der Waals surface area contributed by atoms with Gasteiger partial charge in [0.05, 0.1) is 10.1 Å². The summed E-state index contributed by atoms with van der Waals surface area (Å²) in [5.74, 6) is -0.102. The van der Waals surface area contributed by atoms with Crippen molar-refractivity contribution in [2.45, 2.75) is 30.9 Å². The van der Waals surface area contributed by atoms with E-state index in [0.29, 0.717) is 6.54 Å². The number of amidine groups is 1. The molecule has 2 rings (SSSR count). The fourth-order valence-electron chi connectivity index (χ4n) is 1.81. The maximum absolute atomic E-state index is 12.2. The van der Waals surface area contributed by atoms with Crippen molar-refractivity contribution in [3.63, 3.8) is 0 Å². The number of benzene rings is 1. The molecule has 0 spiro atoms. The summed E-state index contributed by atoms with van der Waals surface area (Å²) in [4.78, 5) is 13.4. The SMILES string of the molecule is CCN1C(=O)[C@H](C)SC1=NS(=O)(=O)c1ccc(C)cc1. The van der Waals surface area contributed by atoms with Crippen molar-refractivity contribution in [1.82, 2.24) is 4.90 Å². The van der Waals surface area contributed by atoms with Gasteiger partial charge in [0.25, 0.3) is 10.0 Å². The fourth-order valence-corrected chi connectivity index (χ4v) is 4.06. The van der Waals surface area contributed by atoms with Crippen molar-refractivity contribution in [2.75, 3.05) is 6.54 Å². The van der Waals surface area contributed by atoms with Gasteiger partial charge in [-0.15, -0.1) is 4.40 Å². The van der Waals surface area contributed by atoms with E-state index >= 15 is 0 Å². The maximum atomic E-state index is 12.2. The van der Waals surface area contributed by atoms with Gasteiger partial charge in [-0.25, -0.2) is 0 Å². The Hall–Kier alpha value is -1.34.